The third-order valence-corrected chi connectivity index (χ3v) is 5.09. The van der Waals surface area contributed by atoms with Crippen LogP contribution in [0.5, 0.6) is 0 Å². The van der Waals surface area contributed by atoms with Crippen molar-refractivity contribution in [3.63, 3.8) is 0 Å². The van der Waals surface area contributed by atoms with Gasteiger partial charge in [0, 0.05) is 17.0 Å². The van der Waals surface area contributed by atoms with Gasteiger partial charge in [-0.2, -0.15) is 0 Å². The van der Waals surface area contributed by atoms with E-state index >= 15 is 0 Å². The first-order valence-corrected chi connectivity index (χ1v) is 7.42. The third-order valence-electron chi connectivity index (χ3n) is 1.97. The van der Waals surface area contributed by atoms with Gasteiger partial charge in [-0.3, -0.25) is 0 Å². The molecule has 0 unspecified atom stereocenters. The molecule has 1 heterocycles. The first-order chi connectivity index (χ1) is 7.24. The van der Waals surface area contributed by atoms with E-state index in [9.17, 15) is 8.42 Å². The molecule has 0 spiro atoms. The van der Waals surface area contributed by atoms with Crippen LogP contribution in [0.2, 0.25) is 0 Å². The molecule has 0 atom stereocenters. The fourth-order valence-electron chi connectivity index (χ4n) is 1.04. The zero-order valence-electron chi connectivity index (χ0n) is 9.78. The van der Waals surface area contributed by atoms with Crippen LogP contribution in [0.25, 0.3) is 0 Å². The topological polar surface area (TPSA) is 72.2 Å². The van der Waals surface area contributed by atoms with Gasteiger partial charge in [-0.15, -0.1) is 11.3 Å². The van der Waals surface area contributed by atoms with E-state index in [1.165, 1.54) is 11.3 Å². The molecular formula is C10H18N2O2S2. The highest BCUT2D eigenvalue weighted by Gasteiger charge is 2.20. The van der Waals surface area contributed by atoms with Gasteiger partial charge in [0.2, 0.25) is 10.0 Å². The lowest BCUT2D eigenvalue weighted by atomic mass is 10.1. The lowest BCUT2D eigenvalue weighted by Crippen LogP contribution is -2.44. The Balaban J connectivity index is 2.78. The van der Waals surface area contributed by atoms with E-state index < -0.39 is 15.6 Å². The van der Waals surface area contributed by atoms with Gasteiger partial charge in [0.25, 0.3) is 0 Å². The van der Waals surface area contributed by atoms with Crippen molar-refractivity contribution in [1.29, 1.82) is 0 Å². The van der Waals surface area contributed by atoms with Gasteiger partial charge in [0.1, 0.15) is 4.21 Å². The van der Waals surface area contributed by atoms with Crippen molar-refractivity contribution in [2.45, 2.75) is 36.9 Å². The SMILES string of the molecule is CCc1ccc(S(=O)(=O)NCC(C)(C)N)s1. The van der Waals surface area contributed by atoms with E-state index in [2.05, 4.69) is 4.72 Å². The maximum atomic E-state index is 11.9. The molecule has 0 saturated carbocycles. The van der Waals surface area contributed by atoms with Crippen molar-refractivity contribution in [3.05, 3.63) is 17.0 Å². The first-order valence-electron chi connectivity index (χ1n) is 5.12. The number of nitrogens with two attached hydrogens (primary N) is 1. The monoisotopic (exact) mass is 262 g/mol. The van der Waals surface area contributed by atoms with Crippen molar-refractivity contribution in [3.8, 4) is 0 Å². The Bertz CT molecular complexity index is 444. The molecule has 4 nitrogen and oxygen atoms in total. The Morgan fingerprint density at radius 2 is 2.06 bits per heavy atom. The molecule has 1 rings (SSSR count). The molecule has 0 aromatic carbocycles. The summed E-state index contributed by atoms with van der Waals surface area (Å²) in [7, 11) is -3.39. The van der Waals surface area contributed by atoms with Crippen LogP contribution in [0.4, 0.5) is 0 Å². The number of sulfonamides is 1. The second kappa shape index (κ2) is 4.83. The fourth-order valence-corrected chi connectivity index (χ4v) is 3.61. The summed E-state index contributed by atoms with van der Waals surface area (Å²) < 4.78 is 26.6. The molecule has 0 aliphatic rings. The van der Waals surface area contributed by atoms with E-state index in [0.717, 1.165) is 11.3 Å². The molecule has 1 aromatic heterocycles. The van der Waals surface area contributed by atoms with Gasteiger partial charge in [-0.05, 0) is 32.4 Å². The summed E-state index contributed by atoms with van der Waals surface area (Å²) in [5.41, 5.74) is 5.18. The van der Waals surface area contributed by atoms with Crippen molar-refractivity contribution in [2.75, 3.05) is 6.54 Å². The van der Waals surface area contributed by atoms with Crippen molar-refractivity contribution in [1.82, 2.24) is 4.72 Å². The van der Waals surface area contributed by atoms with Gasteiger partial charge in [0.05, 0.1) is 0 Å². The molecule has 0 amide bonds. The minimum absolute atomic E-state index is 0.231. The number of hydrogen-bond acceptors (Lipinski definition) is 4. The van der Waals surface area contributed by atoms with Crippen LogP contribution in [0.1, 0.15) is 25.6 Å². The molecule has 3 N–H and O–H groups in total. The smallest absolute Gasteiger partial charge is 0.250 e. The number of nitrogens with one attached hydrogen (secondary N) is 1. The highest BCUT2D eigenvalue weighted by atomic mass is 32.2. The number of hydrogen-bond donors (Lipinski definition) is 2. The highest BCUT2D eigenvalue weighted by molar-refractivity contribution is 7.91. The average Bonchev–Trinajstić information content (AvgIpc) is 2.62. The number of thiophene rings is 1. The minimum Gasteiger partial charge on any atom is -0.324 e. The van der Waals surface area contributed by atoms with E-state index in [4.69, 9.17) is 5.73 Å². The normalized spacial score (nSPS) is 13.0. The Kier molecular flexibility index (Phi) is 4.12. The molecule has 1 aromatic rings. The summed E-state index contributed by atoms with van der Waals surface area (Å²) in [6.07, 6.45) is 0.850. The molecule has 16 heavy (non-hydrogen) atoms. The van der Waals surface area contributed by atoms with Gasteiger partial charge in [0.15, 0.2) is 0 Å². The highest BCUT2D eigenvalue weighted by Crippen LogP contribution is 2.21. The quantitative estimate of drug-likeness (QED) is 0.841. The number of rotatable bonds is 5. The Hall–Kier alpha value is -0.430. The van der Waals surface area contributed by atoms with Gasteiger partial charge < -0.3 is 5.73 Å². The zero-order valence-corrected chi connectivity index (χ0v) is 11.4. The summed E-state index contributed by atoms with van der Waals surface area (Å²) in [5, 5.41) is 0. The van der Waals surface area contributed by atoms with Crippen molar-refractivity contribution in [2.24, 2.45) is 5.73 Å². The van der Waals surface area contributed by atoms with E-state index in [-0.39, 0.29) is 6.54 Å². The van der Waals surface area contributed by atoms with Gasteiger partial charge in [-0.25, -0.2) is 13.1 Å². The van der Waals surface area contributed by atoms with E-state index in [0.29, 0.717) is 4.21 Å². The lowest BCUT2D eigenvalue weighted by molar-refractivity contribution is 0.498. The average molecular weight is 262 g/mol. The van der Waals surface area contributed by atoms with Crippen LogP contribution in [0.3, 0.4) is 0 Å². The summed E-state index contributed by atoms with van der Waals surface area (Å²) in [6.45, 7) is 5.79. The van der Waals surface area contributed by atoms with Crippen LogP contribution in [0, 0.1) is 0 Å². The lowest BCUT2D eigenvalue weighted by Gasteiger charge is -2.18. The molecule has 0 fully saturated rings. The second-order valence-corrected chi connectivity index (χ2v) is 7.55. The maximum Gasteiger partial charge on any atom is 0.250 e. The van der Waals surface area contributed by atoms with Gasteiger partial charge >= 0.3 is 0 Å². The van der Waals surface area contributed by atoms with Gasteiger partial charge in [-0.1, -0.05) is 6.92 Å². The fraction of sp³-hybridized carbons (Fsp3) is 0.600. The van der Waals surface area contributed by atoms with Crippen LogP contribution in [-0.4, -0.2) is 20.5 Å². The second-order valence-electron chi connectivity index (χ2n) is 4.39. The summed E-state index contributed by atoms with van der Waals surface area (Å²) in [4.78, 5) is 1.06. The summed E-state index contributed by atoms with van der Waals surface area (Å²) in [6, 6.07) is 3.47. The molecule has 6 heteroatoms. The van der Waals surface area contributed by atoms with Crippen LogP contribution >= 0.6 is 11.3 Å². The van der Waals surface area contributed by atoms with E-state index in [1.807, 2.05) is 13.0 Å². The maximum absolute atomic E-state index is 11.9. The molecule has 0 saturated heterocycles. The van der Waals surface area contributed by atoms with Crippen LogP contribution in [-0.2, 0) is 16.4 Å². The largest absolute Gasteiger partial charge is 0.324 e. The minimum atomic E-state index is -3.39. The molecule has 0 aliphatic heterocycles. The Morgan fingerprint density at radius 3 is 2.50 bits per heavy atom. The zero-order chi connectivity index (χ0) is 12.4. The van der Waals surface area contributed by atoms with E-state index in [1.54, 1.807) is 19.9 Å². The standard InChI is InChI=1S/C10H18N2O2S2/c1-4-8-5-6-9(15-8)16(13,14)12-7-10(2,3)11/h5-6,12H,4,7,11H2,1-3H3. The summed E-state index contributed by atoms with van der Waals surface area (Å²) in [5.74, 6) is 0. The molecule has 92 valence electrons. The molecule has 0 radical (unpaired) electrons. The predicted octanol–water partition coefficient (Wildman–Crippen LogP) is 1.33. The van der Waals surface area contributed by atoms with Crippen LogP contribution < -0.4 is 10.5 Å². The summed E-state index contributed by atoms with van der Waals surface area (Å²) >= 11 is 1.30. The predicted molar refractivity (Wildman–Crippen MR) is 67.2 cm³/mol. The van der Waals surface area contributed by atoms with Crippen molar-refractivity contribution < 1.29 is 8.42 Å². The molecule has 0 aliphatic carbocycles. The molecular weight excluding hydrogens is 244 g/mol. The Labute approximate surface area is 101 Å². The third kappa shape index (κ3) is 3.86. The van der Waals surface area contributed by atoms with Crippen molar-refractivity contribution >= 4 is 21.4 Å². The number of aryl methyl sites for hydroxylation is 1. The molecule has 0 bridgehead atoms. The van der Waals surface area contributed by atoms with Crippen LogP contribution in [0.15, 0.2) is 16.3 Å². The Morgan fingerprint density at radius 1 is 1.44 bits per heavy atom. The first kappa shape index (κ1) is 13.6.